The van der Waals surface area contributed by atoms with Crippen molar-refractivity contribution in [1.82, 2.24) is 9.80 Å². The molecule has 5 nitrogen and oxygen atoms in total. The maximum Gasteiger partial charge on any atom is 0.277 e. The Balaban J connectivity index is 2.00. The molecule has 6 heteroatoms. The summed E-state index contributed by atoms with van der Waals surface area (Å²) < 4.78 is 0. The highest BCUT2D eigenvalue weighted by molar-refractivity contribution is 7.11. The Kier molecular flexibility index (Phi) is 4.82. The van der Waals surface area contributed by atoms with Crippen LogP contribution in [-0.2, 0) is 9.59 Å². The number of hydrogen-bond acceptors (Lipinski definition) is 5. The Hall–Kier alpha value is -1.66. The second-order valence-electron chi connectivity index (χ2n) is 6.10. The van der Waals surface area contributed by atoms with Gasteiger partial charge in [-0.25, -0.2) is 0 Å². The van der Waals surface area contributed by atoms with Gasteiger partial charge in [0.25, 0.3) is 11.8 Å². The van der Waals surface area contributed by atoms with E-state index in [2.05, 4.69) is 0 Å². The minimum Gasteiger partial charge on any atom is -0.396 e. The number of carbonyl (C=O) groups is 2. The van der Waals surface area contributed by atoms with E-state index in [0.29, 0.717) is 24.4 Å². The Morgan fingerprint density at radius 3 is 2.83 bits per heavy atom. The fraction of sp³-hybridized carbons (Fsp3) is 0.529. The number of thiophene rings is 1. The molecule has 3 heterocycles. The van der Waals surface area contributed by atoms with Gasteiger partial charge in [-0.2, -0.15) is 0 Å². The summed E-state index contributed by atoms with van der Waals surface area (Å²) in [6.07, 6.45) is 2.65. The van der Waals surface area contributed by atoms with E-state index in [9.17, 15) is 14.7 Å². The van der Waals surface area contributed by atoms with Gasteiger partial charge in [-0.05, 0) is 36.6 Å². The number of aliphatic hydroxyl groups is 1. The van der Waals surface area contributed by atoms with Crippen LogP contribution in [0.5, 0.6) is 0 Å². The second-order valence-corrected chi connectivity index (χ2v) is 7.05. The first-order chi connectivity index (χ1) is 11.2. The molecular formula is C17H22N2O3S. The van der Waals surface area contributed by atoms with Gasteiger partial charge in [0.1, 0.15) is 5.70 Å². The molecule has 0 radical (unpaired) electrons. The Labute approximate surface area is 140 Å². The fourth-order valence-corrected chi connectivity index (χ4v) is 4.11. The molecule has 2 aliphatic rings. The number of rotatable bonds is 5. The van der Waals surface area contributed by atoms with Gasteiger partial charge in [0, 0.05) is 31.1 Å². The largest absolute Gasteiger partial charge is 0.396 e. The summed E-state index contributed by atoms with van der Waals surface area (Å²) in [6, 6.07) is 3.80. The summed E-state index contributed by atoms with van der Waals surface area (Å²) in [5, 5.41) is 11.4. The van der Waals surface area contributed by atoms with Crippen molar-refractivity contribution in [2.75, 3.05) is 26.2 Å². The smallest absolute Gasteiger partial charge is 0.277 e. The van der Waals surface area contributed by atoms with Gasteiger partial charge in [-0.15, -0.1) is 11.3 Å². The Bertz CT molecular complexity index is 624. The lowest BCUT2D eigenvalue weighted by atomic mass is 9.98. The predicted molar refractivity (Wildman–Crippen MR) is 89.6 cm³/mol. The molecule has 0 saturated carbocycles. The van der Waals surface area contributed by atoms with Crippen LogP contribution >= 0.6 is 11.3 Å². The molecule has 2 amide bonds. The monoisotopic (exact) mass is 334 g/mol. The van der Waals surface area contributed by atoms with E-state index in [-0.39, 0.29) is 24.3 Å². The van der Waals surface area contributed by atoms with Crippen molar-refractivity contribution in [3.8, 4) is 0 Å². The van der Waals surface area contributed by atoms with E-state index in [0.717, 1.165) is 30.7 Å². The van der Waals surface area contributed by atoms with Crippen molar-refractivity contribution in [2.45, 2.75) is 26.2 Å². The summed E-state index contributed by atoms with van der Waals surface area (Å²) in [5.41, 5.74) is 1.07. The topological polar surface area (TPSA) is 60.9 Å². The van der Waals surface area contributed by atoms with E-state index in [1.165, 1.54) is 16.2 Å². The lowest BCUT2D eigenvalue weighted by Gasteiger charge is -2.34. The average Bonchev–Trinajstić information content (AvgIpc) is 3.17. The number of likely N-dealkylation sites (tertiary alicyclic amines) is 1. The van der Waals surface area contributed by atoms with Crippen LogP contribution in [0.1, 0.15) is 31.1 Å². The molecule has 1 aromatic rings. The van der Waals surface area contributed by atoms with Crippen molar-refractivity contribution in [3.05, 3.63) is 28.1 Å². The van der Waals surface area contributed by atoms with Gasteiger partial charge in [0.2, 0.25) is 0 Å². The van der Waals surface area contributed by atoms with Crippen LogP contribution in [0.2, 0.25) is 0 Å². The standard InChI is InChI=1S/C17H22N2O3S/c1-2-7-19-16(21)14(13-6-4-9-23-13)15(17(19)22)18-8-3-5-12(10-18)11-20/h4,6,9,12,20H,2-3,5,7-8,10-11H2,1H3. The number of imide groups is 1. The highest BCUT2D eigenvalue weighted by Gasteiger charge is 2.42. The number of nitrogens with zero attached hydrogens (tertiary/aromatic N) is 2. The minimum absolute atomic E-state index is 0.124. The highest BCUT2D eigenvalue weighted by atomic mass is 32.1. The van der Waals surface area contributed by atoms with Gasteiger partial charge in [0.15, 0.2) is 0 Å². The van der Waals surface area contributed by atoms with Crippen LogP contribution in [0.25, 0.3) is 5.57 Å². The zero-order valence-corrected chi connectivity index (χ0v) is 14.1. The van der Waals surface area contributed by atoms with Gasteiger partial charge in [0.05, 0.1) is 5.57 Å². The quantitative estimate of drug-likeness (QED) is 0.836. The second kappa shape index (κ2) is 6.84. The molecule has 1 atom stereocenters. The molecule has 1 fully saturated rings. The van der Waals surface area contributed by atoms with Crippen LogP contribution in [0.3, 0.4) is 0 Å². The molecule has 3 rings (SSSR count). The van der Waals surface area contributed by atoms with Crippen molar-refractivity contribution in [3.63, 3.8) is 0 Å². The van der Waals surface area contributed by atoms with Crippen LogP contribution in [0.4, 0.5) is 0 Å². The lowest BCUT2D eigenvalue weighted by Crippen LogP contribution is -2.40. The van der Waals surface area contributed by atoms with Gasteiger partial charge in [-0.1, -0.05) is 13.0 Å². The van der Waals surface area contributed by atoms with E-state index in [4.69, 9.17) is 0 Å². The molecule has 1 aromatic heterocycles. The van der Waals surface area contributed by atoms with Crippen LogP contribution in [0.15, 0.2) is 23.2 Å². The van der Waals surface area contributed by atoms with Gasteiger partial charge >= 0.3 is 0 Å². The Morgan fingerprint density at radius 2 is 2.17 bits per heavy atom. The zero-order chi connectivity index (χ0) is 16.4. The van der Waals surface area contributed by atoms with Crippen molar-refractivity contribution in [1.29, 1.82) is 0 Å². The molecule has 1 N–H and O–H groups in total. The summed E-state index contributed by atoms with van der Waals surface area (Å²) in [4.78, 5) is 29.9. The van der Waals surface area contributed by atoms with Crippen molar-refractivity contribution < 1.29 is 14.7 Å². The van der Waals surface area contributed by atoms with Crippen LogP contribution in [-0.4, -0.2) is 53.0 Å². The summed E-state index contributed by atoms with van der Waals surface area (Å²) >= 11 is 1.49. The molecule has 2 aliphatic heterocycles. The Morgan fingerprint density at radius 1 is 1.35 bits per heavy atom. The fourth-order valence-electron chi connectivity index (χ4n) is 3.34. The lowest BCUT2D eigenvalue weighted by molar-refractivity contribution is -0.137. The van der Waals surface area contributed by atoms with Crippen LogP contribution in [0, 0.1) is 5.92 Å². The third-order valence-corrected chi connectivity index (χ3v) is 5.34. The molecule has 23 heavy (non-hydrogen) atoms. The number of amides is 2. The maximum atomic E-state index is 12.9. The number of aliphatic hydroxyl groups excluding tert-OH is 1. The maximum absolute atomic E-state index is 12.9. The summed E-state index contributed by atoms with van der Waals surface area (Å²) in [7, 11) is 0. The SMILES string of the molecule is CCCN1C(=O)C(c2cccs2)=C(N2CCCC(CO)C2)C1=O. The number of carbonyl (C=O) groups excluding carboxylic acids is 2. The molecule has 0 spiro atoms. The molecule has 1 saturated heterocycles. The number of hydrogen-bond donors (Lipinski definition) is 1. The zero-order valence-electron chi connectivity index (χ0n) is 13.3. The first-order valence-electron chi connectivity index (χ1n) is 8.17. The van der Waals surface area contributed by atoms with E-state index >= 15 is 0 Å². The van der Waals surface area contributed by atoms with Gasteiger partial charge in [-0.3, -0.25) is 14.5 Å². The third kappa shape index (κ3) is 2.93. The first-order valence-corrected chi connectivity index (χ1v) is 9.05. The molecule has 1 unspecified atom stereocenters. The highest BCUT2D eigenvalue weighted by Crippen LogP contribution is 2.35. The van der Waals surface area contributed by atoms with Crippen molar-refractivity contribution in [2.24, 2.45) is 5.92 Å². The molecular weight excluding hydrogens is 312 g/mol. The molecule has 0 aliphatic carbocycles. The average molecular weight is 334 g/mol. The summed E-state index contributed by atoms with van der Waals surface area (Å²) in [5.74, 6) is -0.191. The van der Waals surface area contributed by atoms with Crippen LogP contribution < -0.4 is 0 Å². The minimum atomic E-state index is -0.182. The molecule has 124 valence electrons. The first kappa shape index (κ1) is 16.2. The van der Waals surface area contributed by atoms with Gasteiger partial charge < -0.3 is 10.0 Å². The van der Waals surface area contributed by atoms with E-state index in [1.807, 2.05) is 29.3 Å². The number of piperidine rings is 1. The summed E-state index contributed by atoms with van der Waals surface area (Å²) in [6.45, 7) is 3.94. The van der Waals surface area contributed by atoms with E-state index in [1.54, 1.807) is 0 Å². The molecule has 0 aromatic carbocycles. The van der Waals surface area contributed by atoms with Crippen molar-refractivity contribution >= 4 is 28.7 Å². The third-order valence-electron chi connectivity index (χ3n) is 4.45. The van der Waals surface area contributed by atoms with E-state index < -0.39 is 0 Å². The normalized spacial score (nSPS) is 22.4. The molecule has 0 bridgehead atoms. The predicted octanol–water partition coefficient (Wildman–Crippen LogP) is 1.94.